The van der Waals surface area contributed by atoms with Crippen molar-refractivity contribution in [2.45, 2.75) is 19.9 Å². The molecule has 1 unspecified atom stereocenters. The highest BCUT2D eigenvalue weighted by Gasteiger charge is 2.10. The van der Waals surface area contributed by atoms with E-state index in [4.69, 9.17) is 4.74 Å². The minimum atomic E-state index is -0.401. The summed E-state index contributed by atoms with van der Waals surface area (Å²) in [4.78, 5) is 11.3. The molecular formula is C13H19FN2O2. The zero-order valence-corrected chi connectivity index (χ0v) is 10.9. The molecule has 0 heterocycles. The van der Waals surface area contributed by atoms with Crippen LogP contribution in [0.15, 0.2) is 18.2 Å². The number of amides is 1. The molecule has 0 aliphatic heterocycles. The number of methoxy groups -OCH3 is 1. The van der Waals surface area contributed by atoms with E-state index < -0.39 is 5.82 Å². The number of hydrogen-bond donors (Lipinski definition) is 2. The Bertz CT molecular complexity index is 410. The Morgan fingerprint density at radius 1 is 1.50 bits per heavy atom. The maximum atomic E-state index is 13.5. The molecule has 2 N–H and O–H groups in total. The van der Waals surface area contributed by atoms with E-state index in [1.807, 2.05) is 13.8 Å². The molecule has 1 amide bonds. The summed E-state index contributed by atoms with van der Waals surface area (Å²) in [6, 6.07) is 4.66. The Morgan fingerprint density at radius 3 is 2.78 bits per heavy atom. The molecule has 0 radical (unpaired) electrons. The van der Waals surface area contributed by atoms with Crippen molar-refractivity contribution < 1.29 is 13.9 Å². The van der Waals surface area contributed by atoms with Gasteiger partial charge < -0.3 is 15.4 Å². The van der Waals surface area contributed by atoms with Gasteiger partial charge in [0.15, 0.2) is 11.6 Å². The van der Waals surface area contributed by atoms with Crippen molar-refractivity contribution in [3.8, 4) is 5.75 Å². The largest absolute Gasteiger partial charge is 0.494 e. The number of ether oxygens (including phenoxy) is 1. The Hall–Kier alpha value is -1.62. The summed E-state index contributed by atoms with van der Waals surface area (Å²) in [6.45, 7) is 4.55. The van der Waals surface area contributed by atoms with Crippen molar-refractivity contribution in [1.29, 1.82) is 0 Å². The molecule has 0 bridgehead atoms. The van der Waals surface area contributed by atoms with E-state index in [0.29, 0.717) is 6.54 Å². The van der Waals surface area contributed by atoms with Crippen LogP contribution in [0.1, 0.15) is 25.5 Å². The SMILES string of the molecule is CCNC(=O)CNC(C)c1ccc(OC)c(F)c1. The van der Waals surface area contributed by atoms with Crippen LogP contribution in [0.25, 0.3) is 0 Å². The van der Waals surface area contributed by atoms with Gasteiger partial charge in [0, 0.05) is 12.6 Å². The van der Waals surface area contributed by atoms with Crippen molar-refractivity contribution in [3.63, 3.8) is 0 Å². The highest BCUT2D eigenvalue weighted by atomic mass is 19.1. The maximum absolute atomic E-state index is 13.5. The first-order valence-corrected chi connectivity index (χ1v) is 5.92. The predicted molar refractivity (Wildman–Crippen MR) is 68.1 cm³/mol. The molecule has 4 nitrogen and oxygen atoms in total. The van der Waals surface area contributed by atoms with Gasteiger partial charge in [-0.25, -0.2) is 4.39 Å². The number of hydrogen-bond acceptors (Lipinski definition) is 3. The number of halogens is 1. The van der Waals surface area contributed by atoms with Gasteiger partial charge in [0.1, 0.15) is 0 Å². The first-order valence-electron chi connectivity index (χ1n) is 5.92. The molecule has 1 rings (SSSR count). The number of carbonyl (C=O) groups excluding carboxylic acids is 1. The van der Waals surface area contributed by atoms with E-state index >= 15 is 0 Å². The first-order chi connectivity index (χ1) is 8.58. The molecule has 0 saturated carbocycles. The molecule has 0 aromatic heterocycles. The van der Waals surface area contributed by atoms with Crippen molar-refractivity contribution in [2.24, 2.45) is 0 Å². The molecule has 0 aliphatic rings. The van der Waals surface area contributed by atoms with Gasteiger partial charge in [-0.1, -0.05) is 6.07 Å². The smallest absolute Gasteiger partial charge is 0.233 e. The zero-order chi connectivity index (χ0) is 13.5. The minimum Gasteiger partial charge on any atom is -0.494 e. The fourth-order valence-corrected chi connectivity index (χ4v) is 1.58. The van der Waals surface area contributed by atoms with Crippen molar-refractivity contribution in [1.82, 2.24) is 10.6 Å². The topological polar surface area (TPSA) is 50.4 Å². The van der Waals surface area contributed by atoms with Gasteiger partial charge in [-0.2, -0.15) is 0 Å². The normalized spacial score (nSPS) is 12.0. The standard InChI is InChI=1S/C13H19FN2O2/c1-4-15-13(17)8-16-9(2)10-5-6-12(18-3)11(14)7-10/h5-7,9,16H,4,8H2,1-3H3,(H,15,17). The number of carbonyl (C=O) groups is 1. The average Bonchev–Trinajstić information content (AvgIpc) is 2.36. The molecule has 5 heteroatoms. The summed E-state index contributed by atoms with van der Waals surface area (Å²) in [5.41, 5.74) is 0.776. The lowest BCUT2D eigenvalue weighted by Gasteiger charge is -2.14. The number of likely N-dealkylation sites (N-methyl/N-ethyl adjacent to an activating group) is 1. The third-order valence-corrected chi connectivity index (χ3v) is 2.62. The molecule has 100 valence electrons. The number of rotatable bonds is 6. The van der Waals surface area contributed by atoms with Crippen LogP contribution in [0.2, 0.25) is 0 Å². The monoisotopic (exact) mass is 254 g/mol. The van der Waals surface area contributed by atoms with E-state index in [1.54, 1.807) is 12.1 Å². The number of benzene rings is 1. The van der Waals surface area contributed by atoms with Gasteiger partial charge in [0.2, 0.25) is 5.91 Å². The summed E-state index contributed by atoms with van der Waals surface area (Å²) >= 11 is 0. The van der Waals surface area contributed by atoms with Gasteiger partial charge in [0.25, 0.3) is 0 Å². The van der Waals surface area contributed by atoms with Gasteiger partial charge in [-0.05, 0) is 31.5 Å². The molecule has 1 aromatic rings. The summed E-state index contributed by atoms with van der Waals surface area (Å²) < 4.78 is 18.3. The highest BCUT2D eigenvalue weighted by molar-refractivity contribution is 5.77. The molecule has 0 fully saturated rings. The summed E-state index contributed by atoms with van der Waals surface area (Å²) in [6.07, 6.45) is 0. The van der Waals surface area contributed by atoms with Crippen LogP contribution in [0.5, 0.6) is 5.75 Å². The van der Waals surface area contributed by atoms with Crippen LogP contribution in [-0.2, 0) is 4.79 Å². The van der Waals surface area contributed by atoms with Crippen LogP contribution in [0, 0.1) is 5.82 Å². The van der Waals surface area contributed by atoms with Crippen LogP contribution in [0.3, 0.4) is 0 Å². The van der Waals surface area contributed by atoms with E-state index in [-0.39, 0.29) is 24.2 Å². The van der Waals surface area contributed by atoms with E-state index in [1.165, 1.54) is 13.2 Å². The molecule has 0 spiro atoms. The average molecular weight is 254 g/mol. The maximum Gasteiger partial charge on any atom is 0.233 e. The Balaban J connectivity index is 2.58. The molecule has 1 atom stereocenters. The predicted octanol–water partition coefficient (Wildman–Crippen LogP) is 1.62. The third-order valence-electron chi connectivity index (χ3n) is 2.62. The van der Waals surface area contributed by atoms with Crippen molar-refractivity contribution >= 4 is 5.91 Å². The van der Waals surface area contributed by atoms with Crippen molar-refractivity contribution in [3.05, 3.63) is 29.6 Å². The van der Waals surface area contributed by atoms with E-state index in [0.717, 1.165) is 5.56 Å². The molecular weight excluding hydrogens is 235 g/mol. The van der Waals surface area contributed by atoms with Gasteiger partial charge in [0.05, 0.1) is 13.7 Å². The number of nitrogens with one attached hydrogen (secondary N) is 2. The second-order valence-corrected chi connectivity index (χ2v) is 3.95. The highest BCUT2D eigenvalue weighted by Crippen LogP contribution is 2.21. The molecule has 1 aromatic carbocycles. The van der Waals surface area contributed by atoms with Crippen molar-refractivity contribution in [2.75, 3.05) is 20.2 Å². The van der Waals surface area contributed by atoms with Crippen LogP contribution < -0.4 is 15.4 Å². The lowest BCUT2D eigenvalue weighted by molar-refractivity contribution is -0.120. The van der Waals surface area contributed by atoms with Gasteiger partial charge in [-0.15, -0.1) is 0 Å². The Labute approximate surface area is 107 Å². The fraction of sp³-hybridized carbons (Fsp3) is 0.462. The third kappa shape index (κ3) is 4.00. The molecule has 0 aliphatic carbocycles. The zero-order valence-electron chi connectivity index (χ0n) is 10.9. The van der Waals surface area contributed by atoms with Crippen LogP contribution in [-0.4, -0.2) is 26.1 Å². The molecule has 0 saturated heterocycles. The lowest BCUT2D eigenvalue weighted by atomic mass is 10.1. The summed E-state index contributed by atoms with van der Waals surface area (Å²) in [5, 5.41) is 5.72. The van der Waals surface area contributed by atoms with Gasteiger partial charge >= 0.3 is 0 Å². The van der Waals surface area contributed by atoms with E-state index in [9.17, 15) is 9.18 Å². The minimum absolute atomic E-state index is 0.0710. The van der Waals surface area contributed by atoms with Crippen LogP contribution >= 0.6 is 0 Å². The second kappa shape index (κ2) is 6.96. The quantitative estimate of drug-likeness (QED) is 0.811. The fourth-order valence-electron chi connectivity index (χ4n) is 1.58. The lowest BCUT2D eigenvalue weighted by Crippen LogP contribution is -2.34. The molecule has 18 heavy (non-hydrogen) atoms. The summed E-state index contributed by atoms with van der Waals surface area (Å²) in [5.74, 6) is -0.255. The van der Waals surface area contributed by atoms with Crippen LogP contribution in [0.4, 0.5) is 4.39 Å². The second-order valence-electron chi connectivity index (χ2n) is 3.95. The van der Waals surface area contributed by atoms with E-state index in [2.05, 4.69) is 10.6 Å². The Morgan fingerprint density at radius 2 is 2.22 bits per heavy atom. The summed E-state index contributed by atoms with van der Waals surface area (Å²) in [7, 11) is 1.43. The van der Waals surface area contributed by atoms with Gasteiger partial charge in [-0.3, -0.25) is 4.79 Å². The first kappa shape index (κ1) is 14.4. The Kier molecular flexibility index (Phi) is 5.58.